The average molecular weight is 322 g/mol. The molecule has 1 aliphatic rings. The molecule has 0 radical (unpaired) electrons. The quantitative estimate of drug-likeness (QED) is 0.806. The van der Waals surface area contributed by atoms with Crippen molar-refractivity contribution in [1.29, 1.82) is 5.26 Å². The van der Waals surface area contributed by atoms with Crippen LogP contribution in [0.15, 0.2) is 24.3 Å². The van der Waals surface area contributed by atoms with Gasteiger partial charge in [0.1, 0.15) is 5.75 Å². The second kappa shape index (κ2) is 6.79. The maximum Gasteiger partial charge on any atom is 0.260 e. The summed E-state index contributed by atoms with van der Waals surface area (Å²) in [6, 6.07) is 8.29. The van der Waals surface area contributed by atoms with Gasteiger partial charge < -0.3 is 9.64 Å². The number of nitrogens with zero attached hydrogens (tertiary/aromatic N) is 2. The van der Waals surface area contributed by atoms with Gasteiger partial charge >= 0.3 is 0 Å². The highest BCUT2D eigenvalue weighted by atomic mass is 32.2. The van der Waals surface area contributed by atoms with Crippen molar-refractivity contribution < 1.29 is 17.9 Å². The molecule has 1 aliphatic heterocycles. The molecule has 0 aliphatic carbocycles. The van der Waals surface area contributed by atoms with Crippen molar-refractivity contribution in [3.8, 4) is 11.8 Å². The van der Waals surface area contributed by atoms with Gasteiger partial charge in [-0.2, -0.15) is 5.26 Å². The van der Waals surface area contributed by atoms with Gasteiger partial charge in [0, 0.05) is 12.6 Å². The van der Waals surface area contributed by atoms with Crippen LogP contribution in [0.5, 0.6) is 5.75 Å². The van der Waals surface area contributed by atoms with Crippen molar-refractivity contribution in [2.75, 3.05) is 24.7 Å². The van der Waals surface area contributed by atoms with Crippen LogP contribution in [0.4, 0.5) is 0 Å². The van der Waals surface area contributed by atoms with E-state index in [9.17, 15) is 13.2 Å². The van der Waals surface area contributed by atoms with Crippen molar-refractivity contribution in [3.05, 3.63) is 29.8 Å². The Morgan fingerprint density at radius 1 is 1.50 bits per heavy atom. The van der Waals surface area contributed by atoms with E-state index in [4.69, 9.17) is 10.00 Å². The van der Waals surface area contributed by atoms with Crippen molar-refractivity contribution in [2.24, 2.45) is 0 Å². The summed E-state index contributed by atoms with van der Waals surface area (Å²) < 4.78 is 28.5. The zero-order valence-corrected chi connectivity index (χ0v) is 13.2. The predicted octanol–water partition coefficient (Wildman–Crippen LogP) is 0.973. The van der Waals surface area contributed by atoms with Gasteiger partial charge in [-0.1, -0.05) is 6.07 Å². The van der Waals surface area contributed by atoms with Gasteiger partial charge in [0.25, 0.3) is 5.91 Å². The largest absolute Gasteiger partial charge is 0.484 e. The van der Waals surface area contributed by atoms with Gasteiger partial charge in [-0.15, -0.1) is 0 Å². The molecule has 1 aromatic carbocycles. The van der Waals surface area contributed by atoms with Crippen LogP contribution in [0.3, 0.4) is 0 Å². The number of nitriles is 1. The second-order valence-electron chi connectivity index (χ2n) is 5.16. The van der Waals surface area contributed by atoms with Crippen LogP contribution in [0.1, 0.15) is 18.9 Å². The number of likely N-dealkylation sites (N-methyl/N-ethyl adjacent to an activating group) is 1. The van der Waals surface area contributed by atoms with Crippen LogP contribution >= 0.6 is 0 Å². The fraction of sp³-hybridized carbons (Fsp3) is 0.467. The Bertz CT molecular complexity index is 694. The summed E-state index contributed by atoms with van der Waals surface area (Å²) in [5.74, 6) is 0.359. The van der Waals surface area contributed by atoms with Crippen LogP contribution in [0.25, 0.3) is 0 Å². The minimum Gasteiger partial charge on any atom is -0.484 e. The lowest BCUT2D eigenvalue weighted by atomic mass is 10.2. The lowest BCUT2D eigenvalue weighted by Gasteiger charge is -2.26. The first-order valence-electron chi connectivity index (χ1n) is 7.08. The summed E-state index contributed by atoms with van der Waals surface area (Å²) >= 11 is 0. The van der Waals surface area contributed by atoms with Crippen molar-refractivity contribution in [1.82, 2.24) is 4.90 Å². The van der Waals surface area contributed by atoms with E-state index in [0.29, 0.717) is 24.3 Å². The van der Waals surface area contributed by atoms with E-state index >= 15 is 0 Å². The number of rotatable bonds is 5. The molecule has 1 saturated heterocycles. The van der Waals surface area contributed by atoms with E-state index in [2.05, 4.69) is 0 Å². The van der Waals surface area contributed by atoms with Crippen LogP contribution in [0.2, 0.25) is 0 Å². The molecule has 6 nitrogen and oxygen atoms in total. The number of hydrogen-bond acceptors (Lipinski definition) is 5. The van der Waals surface area contributed by atoms with E-state index in [1.807, 2.05) is 13.0 Å². The van der Waals surface area contributed by atoms with Crippen LogP contribution < -0.4 is 4.74 Å². The summed E-state index contributed by atoms with van der Waals surface area (Å²) in [5.41, 5.74) is 0.458. The Labute approximate surface area is 130 Å². The molecule has 22 heavy (non-hydrogen) atoms. The number of carbonyl (C=O) groups excluding carboxylic acids is 1. The summed E-state index contributed by atoms with van der Waals surface area (Å²) in [5, 5.41) is 8.82. The molecule has 0 unspecified atom stereocenters. The van der Waals surface area contributed by atoms with Gasteiger partial charge in [-0.05, 0) is 31.5 Å². The van der Waals surface area contributed by atoms with Crippen molar-refractivity contribution >= 4 is 15.7 Å². The second-order valence-corrected chi connectivity index (χ2v) is 7.39. The molecule has 0 saturated carbocycles. The molecule has 0 spiro atoms. The number of carbonyl (C=O) groups is 1. The molecule has 0 bridgehead atoms. The van der Waals surface area contributed by atoms with Crippen LogP contribution in [0, 0.1) is 11.3 Å². The predicted molar refractivity (Wildman–Crippen MR) is 81.1 cm³/mol. The number of sulfone groups is 1. The van der Waals surface area contributed by atoms with Gasteiger partial charge in [0.2, 0.25) is 0 Å². The first kappa shape index (κ1) is 16.3. The first-order valence-corrected chi connectivity index (χ1v) is 8.90. The maximum absolute atomic E-state index is 12.2. The topological polar surface area (TPSA) is 87.5 Å². The Balaban J connectivity index is 1.97. The Morgan fingerprint density at radius 2 is 2.27 bits per heavy atom. The lowest BCUT2D eigenvalue weighted by molar-refractivity contribution is -0.135. The fourth-order valence-electron chi connectivity index (χ4n) is 2.54. The molecule has 118 valence electrons. The third-order valence-corrected chi connectivity index (χ3v) is 5.39. The lowest BCUT2D eigenvalue weighted by Crippen LogP contribution is -2.43. The molecular formula is C15H18N2O4S. The van der Waals surface area contributed by atoms with Crippen molar-refractivity contribution in [2.45, 2.75) is 19.4 Å². The van der Waals surface area contributed by atoms with Crippen LogP contribution in [-0.2, 0) is 14.6 Å². The Morgan fingerprint density at radius 3 is 2.86 bits per heavy atom. The minimum absolute atomic E-state index is 0.0243. The molecule has 2 rings (SSSR count). The van der Waals surface area contributed by atoms with Crippen LogP contribution in [-0.4, -0.2) is 49.9 Å². The van der Waals surface area contributed by atoms with Gasteiger partial charge in [-0.25, -0.2) is 8.42 Å². The first-order chi connectivity index (χ1) is 10.4. The highest BCUT2D eigenvalue weighted by Crippen LogP contribution is 2.18. The van der Waals surface area contributed by atoms with Gasteiger partial charge in [0.05, 0.1) is 23.1 Å². The van der Waals surface area contributed by atoms with E-state index in [1.54, 1.807) is 29.2 Å². The minimum atomic E-state index is -3.03. The number of ether oxygens (including phenoxy) is 1. The summed E-state index contributed by atoms with van der Waals surface area (Å²) in [6.45, 7) is 2.10. The standard InChI is InChI=1S/C15H18N2O4S/c1-2-17(13-6-7-22(19,20)11-13)15(18)10-21-14-5-3-4-12(8-14)9-16/h3-5,8,13H,2,6-7,10-11H2,1H3/t13-/m1/s1. The van der Waals surface area contributed by atoms with E-state index in [0.717, 1.165) is 0 Å². The zero-order valence-electron chi connectivity index (χ0n) is 12.4. The van der Waals surface area contributed by atoms with E-state index < -0.39 is 9.84 Å². The highest BCUT2D eigenvalue weighted by Gasteiger charge is 2.33. The summed E-state index contributed by atoms with van der Waals surface area (Å²) in [6.07, 6.45) is 0.478. The summed E-state index contributed by atoms with van der Waals surface area (Å²) in [7, 11) is -3.03. The third kappa shape index (κ3) is 3.98. The molecule has 0 N–H and O–H groups in total. The molecule has 1 heterocycles. The summed E-state index contributed by atoms with van der Waals surface area (Å²) in [4.78, 5) is 13.8. The van der Waals surface area contributed by atoms with Crippen molar-refractivity contribution in [3.63, 3.8) is 0 Å². The monoisotopic (exact) mass is 322 g/mol. The molecular weight excluding hydrogens is 304 g/mol. The molecule has 1 amide bonds. The highest BCUT2D eigenvalue weighted by molar-refractivity contribution is 7.91. The fourth-order valence-corrected chi connectivity index (χ4v) is 4.27. The third-order valence-electron chi connectivity index (χ3n) is 3.64. The molecule has 1 aromatic rings. The van der Waals surface area contributed by atoms with Gasteiger partial charge in [0.15, 0.2) is 16.4 Å². The number of amides is 1. The Kier molecular flexibility index (Phi) is 5.03. The van der Waals surface area contributed by atoms with E-state index in [1.165, 1.54) is 0 Å². The molecule has 1 atom stereocenters. The molecule has 0 aromatic heterocycles. The molecule has 1 fully saturated rings. The Hall–Kier alpha value is -2.07. The smallest absolute Gasteiger partial charge is 0.260 e. The average Bonchev–Trinajstić information content (AvgIpc) is 2.86. The number of benzene rings is 1. The molecule has 7 heteroatoms. The van der Waals surface area contributed by atoms with Gasteiger partial charge in [-0.3, -0.25) is 4.79 Å². The normalized spacial score (nSPS) is 19.4. The maximum atomic E-state index is 12.2. The zero-order chi connectivity index (χ0) is 16.2. The number of hydrogen-bond donors (Lipinski definition) is 0. The van der Waals surface area contributed by atoms with E-state index in [-0.39, 0.29) is 30.1 Å². The SMILES string of the molecule is CCN(C(=O)COc1cccc(C#N)c1)[C@@H]1CCS(=O)(=O)C1.